The van der Waals surface area contributed by atoms with Crippen molar-refractivity contribution in [3.63, 3.8) is 0 Å². The van der Waals surface area contributed by atoms with E-state index in [1.54, 1.807) is 4.90 Å². The maximum Gasteiger partial charge on any atom is 0.309 e. The summed E-state index contributed by atoms with van der Waals surface area (Å²) in [6.07, 6.45) is 2.23. The van der Waals surface area contributed by atoms with Crippen LogP contribution in [0.3, 0.4) is 0 Å². The van der Waals surface area contributed by atoms with Gasteiger partial charge in [0.25, 0.3) is 0 Å². The Labute approximate surface area is 101 Å². The van der Waals surface area contributed by atoms with Crippen molar-refractivity contribution >= 4 is 11.9 Å². The number of rotatable bonds is 2. The Hall–Kier alpha value is -1.10. The third-order valence-electron chi connectivity index (χ3n) is 3.78. The third-order valence-corrected chi connectivity index (χ3v) is 3.78. The number of amides is 1. The van der Waals surface area contributed by atoms with Crippen molar-refractivity contribution in [2.24, 2.45) is 11.8 Å². The van der Waals surface area contributed by atoms with Gasteiger partial charge in [0.05, 0.1) is 25.0 Å². The van der Waals surface area contributed by atoms with Crippen LogP contribution in [0.5, 0.6) is 0 Å². The van der Waals surface area contributed by atoms with Crippen LogP contribution < -0.4 is 0 Å². The van der Waals surface area contributed by atoms with E-state index in [9.17, 15) is 14.7 Å². The minimum Gasteiger partial charge on any atom is -0.469 e. The average Bonchev–Trinajstić information content (AvgIpc) is 2.95. The molecule has 5 heteroatoms. The molecule has 0 radical (unpaired) electrons. The Kier molecular flexibility index (Phi) is 3.66. The molecule has 1 heterocycles. The zero-order chi connectivity index (χ0) is 12.4. The summed E-state index contributed by atoms with van der Waals surface area (Å²) < 4.78 is 4.70. The van der Waals surface area contributed by atoms with Gasteiger partial charge < -0.3 is 14.7 Å². The van der Waals surface area contributed by atoms with Crippen molar-refractivity contribution in [2.45, 2.75) is 31.8 Å². The zero-order valence-electron chi connectivity index (χ0n) is 10.1. The highest BCUT2D eigenvalue weighted by Gasteiger charge is 2.44. The lowest BCUT2D eigenvalue weighted by Crippen LogP contribution is -2.37. The lowest BCUT2D eigenvalue weighted by molar-refractivity contribution is -0.151. The van der Waals surface area contributed by atoms with Gasteiger partial charge in [0, 0.05) is 13.1 Å². The summed E-state index contributed by atoms with van der Waals surface area (Å²) in [5.41, 5.74) is 0. The van der Waals surface area contributed by atoms with Gasteiger partial charge in [0.15, 0.2) is 0 Å². The first-order valence-corrected chi connectivity index (χ1v) is 6.18. The van der Waals surface area contributed by atoms with Gasteiger partial charge in [-0.25, -0.2) is 0 Å². The molecule has 0 aromatic carbocycles. The molecule has 1 saturated heterocycles. The van der Waals surface area contributed by atoms with Crippen LogP contribution in [-0.4, -0.2) is 48.2 Å². The Morgan fingerprint density at radius 2 is 1.76 bits per heavy atom. The first-order valence-electron chi connectivity index (χ1n) is 6.18. The highest BCUT2D eigenvalue weighted by atomic mass is 16.5. The van der Waals surface area contributed by atoms with E-state index in [1.165, 1.54) is 7.11 Å². The first kappa shape index (κ1) is 12.4. The predicted molar refractivity (Wildman–Crippen MR) is 60.1 cm³/mol. The standard InChI is InChI=1S/C12H19NO4/c1-17-12(16)10-7-8(14)6-9(10)11(15)13-4-2-3-5-13/h8-10,14H,2-7H2,1H3/t8-,9-,10-/m1/s1. The third kappa shape index (κ3) is 2.44. The lowest BCUT2D eigenvalue weighted by Gasteiger charge is -2.23. The molecule has 1 aliphatic carbocycles. The number of aliphatic hydroxyl groups excluding tert-OH is 1. The number of hydrogen-bond donors (Lipinski definition) is 1. The topological polar surface area (TPSA) is 66.8 Å². The Balaban J connectivity index is 2.06. The van der Waals surface area contributed by atoms with E-state index in [4.69, 9.17) is 4.74 Å². The lowest BCUT2D eigenvalue weighted by atomic mass is 9.95. The van der Waals surface area contributed by atoms with Crippen LogP contribution in [0.25, 0.3) is 0 Å². The van der Waals surface area contributed by atoms with Crippen LogP contribution in [-0.2, 0) is 14.3 Å². The molecule has 1 N–H and O–H groups in total. The summed E-state index contributed by atoms with van der Waals surface area (Å²) in [6.45, 7) is 1.55. The first-order chi connectivity index (χ1) is 8.13. The molecule has 2 fully saturated rings. The summed E-state index contributed by atoms with van der Waals surface area (Å²) in [5.74, 6) is -1.23. The fraction of sp³-hybridized carbons (Fsp3) is 0.833. The van der Waals surface area contributed by atoms with Gasteiger partial charge in [0.1, 0.15) is 0 Å². The van der Waals surface area contributed by atoms with E-state index >= 15 is 0 Å². The Morgan fingerprint density at radius 3 is 2.35 bits per heavy atom. The summed E-state index contributed by atoms with van der Waals surface area (Å²) in [6, 6.07) is 0. The van der Waals surface area contributed by atoms with Crippen LogP contribution in [0.15, 0.2) is 0 Å². The minimum absolute atomic E-state index is 0.00875. The number of aliphatic hydroxyl groups is 1. The molecular weight excluding hydrogens is 222 g/mol. The highest BCUT2D eigenvalue weighted by Crippen LogP contribution is 2.35. The van der Waals surface area contributed by atoms with E-state index in [2.05, 4.69) is 0 Å². The summed E-state index contributed by atoms with van der Waals surface area (Å²) in [4.78, 5) is 25.6. The molecule has 0 bridgehead atoms. The molecule has 2 aliphatic rings. The Morgan fingerprint density at radius 1 is 1.18 bits per heavy atom. The summed E-state index contributed by atoms with van der Waals surface area (Å²) in [5, 5.41) is 9.63. The zero-order valence-corrected chi connectivity index (χ0v) is 10.1. The van der Waals surface area contributed by atoms with Crippen LogP contribution in [0.4, 0.5) is 0 Å². The van der Waals surface area contributed by atoms with Gasteiger partial charge in [-0.3, -0.25) is 9.59 Å². The predicted octanol–water partition coefficient (Wildman–Crippen LogP) is 0.169. The van der Waals surface area contributed by atoms with E-state index in [0.29, 0.717) is 12.8 Å². The quantitative estimate of drug-likeness (QED) is 0.700. The molecule has 0 aromatic heterocycles. The molecule has 96 valence electrons. The second-order valence-corrected chi connectivity index (χ2v) is 4.89. The number of hydrogen-bond acceptors (Lipinski definition) is 4. The van der Waals surface area contributed by atoms with E-state index in [-0.39, 0.29) is 11.9 Å². The van der Waals surface area contributed by atoms with Crippen molar-refractivity contribution < 1.29 is 19.4 Å². The minimum atomic E-state index is -0.560. The molecular formula is C12H19NO4. The number of nitrogens with zero attached hydrogens (tertiary/aromatic N) is 1. The maximum absolute atomic E-state index is 12.2. The van der Waals surface area contributed by atoms with E-state index < -0.39 is 17.9 Å². The van der Waals surface area contributed by atoms with Crippen molar-refractivity contribution in [3.8, 4) is 0 Å². The maximum atomic E-state index is 12.2. The number of methoxy groups -OCH3 is 1. The molecule has 2 rings (SSSR count). The number of likely N-dealkylation sites (tertiary alicyclic amines) is 1. The summed E-state index contributed by atoms with van der Waals surface area (Å²) >= 11 is 0. The van der Waals surface area contributed by atoms with E-state index in [0.717, 1.165) is 25.9 Å². The number of ether oxygens (including phenoxy) is 1. The van der Waals surface area contributed by atoms with E-state index in [1.807, 2.05) is 0 Å². The molecule has 17 heavy (non-hydrogen) atoms. The van der Waals surface area contributed by atoms with Gasteiger partial charge in [-0.15, -0.1) is 0 Å². The monoisotopic (exact) mass is 241 g/mol. The fourth-order valence-electron chi connectivity index (χ4n) is 2.87. The number of carbonyl (C=O) groups is 2. The molecule has 0 spiro atoms. The second kappa shape index (κ2) is 5.04. The van der Waals surface area contributed by atoms with Crippen molar-refractivity contribution in [1.29, 1.82) is 0 Å². The number of esters is 1. The molecule has 1 amide bonds. The molecule has 0 unspecified atom stereocenters. The average molecular weight is 241 g/mol. The fourth-order valence-corrected chi connectivity index (χ4v) is 2.87. The molecule has 5 nitrogen and oxygen atoms in total. The highest BCUT2D eigenvalue weighted by molar-refractivity contribution is 5.86. The van der Waals surface area contributed by atoms with Gasteiger partial charge in [-0.2, -0.15) is 0 Å². The van der Waals surface area contributed by atoms with Crippen molar-refractivity contribution in [1.82, 2.24) is 4.90 Å². The molecule has 1 saturated carbocycles. The van der Waals surface area contributed by atoms with Crippen molar-refractivity contribution in [2.75, 3.05) is 20.2 Å². The van der Waals surface area contributed by atoms with Gasteiger partial charge in [-0.05, 0) is 25.7 Å². The SMILES string of the molecule is COC(=O)[C@@H]1C[C@H](O)C[C@H]1C(=O)N1CCCC1. The summed E-state index contributed by atoms with van der Waals surface area (Å²) in [7, 11) is 1.32. The molecule has 3 atom stereocenters. The van der Waals surface area contributed by atoms with Crippen molar-refractivity contribution in [3.05, 3.63) is 0 Å². The van der Waals surface area contributed by atoms with Crippen LogP contribution >= 0.6 is 0 Å². The van der Waals surface area contributed by atoms with Gasteiger partial charge in [-0.1, -0.05) is 0 Å². The number of carbonyl (C=O) groups excluding carboxylic acids is 2. The molecule has 0 aromatic rings. The van der Waals surface area contributed by atoms with Crippen LogP contribution in [0.2, 0.25) is 0 Å². The smallest absolute Gasteiger partial charge is 0.309 e. The van der Waals surface area contributed by atoms with Gasteiger partial charge >= 0.3 is 5.97 Å². The second-order valence-electron chi connectivity index (χ2n) is 4.89. The Bertz CT molecular complexity index is 312. The van der Waals surface area contributed by atoms with Crippen LogP contribution in [0, 0.1) is 11.8 Å². The largest absolute Gasteiger partial charge is 0.469 e. The van der Waals surface area contributed by atoms with Gasteiger partial charge in [0.2, 0.25) is 5.91 Å². The normalized spacial score (nSPS) is 32.8. The van der Waals surface area contributed by atoms with Crippen LogP contribution in [0.1, 0.15) is 25.7 Å². The molecule has 1 aliphatic heterocycles.